The Morgan fingerprint density at radius 2 is 1.50 bits per heavy atom. The molecule has 0 fully saturated rings. The summed E-state index contributed by atoms with van der Waals surface area (Å²) < 4.78 is 17.3. The maximum Gasteiger partial charge on any atom is 0.334 e. The number of allylic oxidation sites excluding steroid dienone is 1. The third-order valence-corrected chi connectivity index (χ3v) is 5.79. The molecule has 4 heteroatoms. The summed E-state index contributed by atoms with van der Waals surface area (Å²) in [6.07, 6.45) is 6.07. The molecule has 4 rings (SSSR count). The van der Waals surface area contributed by atoms with Crippen molar-refractivity contribution in [3.8, 4) is 0 Å². The molecule has 4 nitrogen and oxygen atoms in total. The van der Waals surface area contributed by atoms with E-state index in [1.165, 1.54) is 5.57 Å². The number of cyclic esters (lactones) is 1. The van der Waals surface area contributed by atoms with Crippen LogP contribution in [0.3, 0.4) is 0 Å². The molecule has 1 aliphatic carbocycles. The summed E-state index contributed by atoms with van der Waals surface area (Å²) in [6.45, 7) is 2.63. The summed E-state index contributed by atoms with van der Waals surface area (Å²) in [7, 11) is 0. The first-order valence-corrected chi connectivity index (χ1v) is 10.6. The van der Waals surface area contributed by atoms with Gasteiger partial charge in [-0.25, -0.2) is 4.79 Å². The lowest BCUT2D eigenvalue weighted by atomic mass is 9.75. The number of rotatable bonds is 9. The van der Waals surface area contributed by atoms with E-state index in [1.807, 2.05) is 42.5 Å². The molecule has 0 unspecified atom stereocenters. The zero-order valence-electron chi connectivity index (χ0n) is 17.2. The second kappa shape index (κ2) is 10.4. The van der Waals surface area contributed by atoms with Crippen molar-refractivity contribution in [3.05, 3.63) is 95.1 Å². The van der Waals surface area contributed by atoms with Gasteiger partial charge in [-0.05, 0) is 41.5 Å². The first kappa shape index (κ1) is 20.6. The maximum atomic E-state index is 12.2. The minimum absolute atomic E-state index is 0.120. The van der Waals surface area contributed by atoms with Crippen molar-refractivity contribution in [2.45, 2.75) is 26.1 Å². The highest BCUT2D eigenvalue weighted by Crippen LogP contribution is 2.38. The highest BCUT2D eigenvalue weighted by molar-refractivity contribution is 5.91. The molecule has 156 valence electrons. The average molecular weight is 405 g/mol. The molecule has 0 bridgehead atoms. The molecular weight excluding hydrogens is 376 g/mol. The van der Waals surface area contributed by atoms with Crippen LogP contribution in [0.15, 0.2) is 84.0 Å². The molecule has 0 radical (unpaired) electrons. The standard InChI is InChI=1S/C26H28O4/c27-26-24(14-15-30-26)23-13-7-12-22(18-28-16-20-8-3-1-4-9-20)25(23)19-29-17-21-10-5-2-6-11-21/h1-6,8-12,14,23,25H,7,13,15-19H2/t23-,25-/m1/s1. The Hall–Kier alpha value is -2.69. The number of benzene rings is 2. The van der Waals surface area contributed by atoms with Crippen molar-refractivity contribution in [1.82, 2.24) is 0 Å². The Morgan fingerprint density at radius 3 is 2.13 bits per heavy atom. The van der Waals surface area contributed by atoms with Gasteiger partial charge < -0.3 is 14.2 Å². The fourth-order valence-corrected chi connectivity index (χ4v) is 4.24. The molecule has 2 aromatic rings. The van der Waals surface area contributed by atoms with Crippen LogP contribution in [0.1, 0.15) is 24.0 Å². The van der Waals surface area contributed by atoms with Crippen LogP contribution >= 0.6 is 0 Å². The minimum atomic E-state index is -0.181. The minimum Gasteiger partial charge on any atom is -0.458 e. The van der Waals surface area contributed by atoms with E-state index in [-0.39, 0.29) is 17.8 Å². The summed E-state index contributed by atoms with van der Waals surface area (Å²) in [5.41, 5.74) is 4.33. The van der Waals surface area contributed by atoms with Gasteiger partial charge in [-0.3, -0.25) is 0 Å². The van der Waals surface area contributed by atoms with E-state index in [0.717, 1.165) is 29.5 Å². The summed E-state index contributed by atoms with van der Waals surface area (Å²) in [6, 6.07) is 20.4. The van der Waals surface area contributed by atoms with Gasteiger partial charge in [0.2, 0.25) is 0 Å². The summed E-state index contributed by atoms with van der Waals surface area (Å²) in [5.74, 6) is 0.0609. The van der Waals surface area contributed by atoms with Crippen LogP contribution in [-0.4, -0.2) is 25.8 Å². The SMILES string of the molecule is O=C1OCC=C1[C@H]1CCC=C(COCc2ccccc2)[C@H]1COCc1ccccc1. The number of hydrogen-bond acceptors (Lipinski definition) is 4. The largest absolute Gasteiger partial charge is 0.458 e. The quantitative estimate of drug-likeness (QED) is 0.442. The second-order valence-corrected chi connectivity index (χ2v) is 7.81. The third kappa shape index (κ3) is 5.26. The zero-order valence-corrected chi connectivity index (χ0v) is 17.2. The lowest BCUT2D eigenvalue weighted by Gasteiger charge is -2.32. The van der Waals surface area contributed by atoms with Crippen LogP contribution in [-0.2, 0) is 32.2 Å². The van der Waals surface area contributed by atoms with Gasteiger partial charge in [0.25, 0.3) is 0 Å². The van der Waals surface area contributed by atoms with Crippen molar-refractivity contribution in [3.63, 3.8) is 0 Å². The topological polar surface area (TPSA) is 44.8 Å². The molecule has 2 aromatic carbocycles. The van der Waals surface area contributed by atoms with Crippen LogP contribution in [0.5, 0.6) is 0 Å². The fraction of sp³-hybridized carbons (Fsp3) is 0.346. The maximum absolute atomic E-state index is 12.2. The number of ether oxygens (including phenoxy) is 3. The smallest absolute Gasteiger partial charge is 0.334 e. The molecule has 30 heavy (non-hydrogen) atoms. The highest BCUT2D eigenvalue weighted by Gasteiger charge is 2.35. The Balaban J connectivity index is 1.42. The van der Waals surface area contributed by atoms with Gasteiger partial charge in [-0.15, -0.1) is 0 Å². The third-order valence-electron chi connectivity index (χ3n) is 5.79. The van der Waals surface area contributed by atoms with Crippen LogP contribution in [0.2, 0.25) is 0 Å². The Morgan fingerprint density at radius 1 is 0.833 bits per heavy atom. The van der Waals surface area contributed by atoms with Gasteiger partial charge in [-0.2, -0.15) is 0 Å². The van der Waals surface area contributed by atoms with Gasteiger partial charge in [0.15, 0.2) is 0 Å². The molecule has 0 aromatic heterocycles. The van der Waals surface area contributed by atoms with Crippen molar-refractivity contribution >= 4 is 5.97 Å². The van der Waals surface area contributed by atoms with E-state index in [9.17, 15) is 4.79 Å². The van der Waals surface area contributed by atoms with Crippen molar-refractivity contribution in [1.29, 1.82) is 0 Å². The molecule has 0 amide bonds. The molecule has 0 saturated heterocycles. The molecule has 0 N–H and O–H groups in total. The molecule has 1 heterocycles. The Labute approximate surface area is 178 Å². The van der Waals surface area contributed by atoms with Gasteiger partial charge in [-0.1, -0.05) is 66.7 Å². The normalized spacial score (nSPS) is 21.1. The zero-order chi connectivity index (χ0) is 20.6. The summed E-state index contributed by atoms with van der Waals surface area (Å²) >= 11 is 0. The van der Waals surface area contributed by atoms with E-state index in [2.05, 4.69) is 30.3 Å². The molecule has 2 aliphatic rings. The number of carbonyl (C=O) groups excluding carboxylic acids is 1. The van der Waals surface area contributed by atoms with Crippen molar-refractivity contribution < 1.29 is 19.0 Å². The predicted molar refractivity (Wildman–Crippen MR) is 116 cm³/mol. The molecule has 0 saturated carbocycles. The molecule has 0 spiro atoms. The number of carbonyl (C=O) groups is 1. The average Bonchev–Trinajstić information content (AvgIpc) is 3.21. The summed E-state index contributed by atoms with van der Waals surface area (Å²) in [5, 5.41) is 0. The lowest BCUT2D eigenvalue weighted by Crippen LogP contribution is -2.30. The number of esters is 1. The molecular formula is C26H28O4. The van der Waals surface area contributed by atoms with Gasteiger partial charge in [0.05, 0.1) is 26.4 Å². The Kier molecular flexibility index (Phi) is 7.11. The van der Waals surface area contributed by atoms with Gasteiger partial charge in [0, 0.05) is 11.5 Å². The fourth-order valence-electron chi connectivity index (χ4n) is 4.24. The van der Waals surface area contributed by atoms with Crippen LogP contribution < -0.4 is 0 Å². The molecule has 1 aliphatic heterocycles. The lowest BCUT2D eigenvalue weighted by molar-refractivity contribution is -0.136. The van der Waals surface area contributed by atoms with Crippen LogP contribution in [0.4, 0.5) is 0 Å². The highest BCUT2D eigenvalue weighted by atomic mass is 16.5. The van der Waals surface area contributed by atoms with E-state index >= 15 is 0 Å². The van der Waals surface area contributed by atoms with E-state index in [1.54, 1.807) is 0 Å². The predicted octanol–water partition coefficient (Wildman–Crippen LogP) is 4.86. The Bertz CT molecular complexity index is 886. The van der Waals surface area contributed by atoms with E-state index in [0.29, 0.717) is 33.0 Å². The van der Waals surface area contributed by atoms with E-state index < -0.39 is 0 Å². The van der Waals surface area contributed by atoms with E-state index in [4.69, 9.17) is 14.2 Å². The first-order valence-electron chi connectivity index (χ1n) is 10.6. The summed E-state index contributed by atoms with van der Waals surface area (Å²) in [4.78, 5) is 12.2. The van der Waals surface area contributed by atoms with Gasteiger partial charge in [0.1, 0.15) is 6.61 Å². The number of hydrogen-bond donors (Lipinski definition) is 0. The van der Waals surface area contributed by atoms with Crippen LogP contribution in [0, 0.1) is 11.8 Å². The van der Waals surface area contributed by atoms with Crippen molar-refractivity contribution in [2.24, 2.45) is 11.8 Å². The first-order chi connectivity index (χ1) is 14.8. The van der Waals surface area contributed by atoms with Crippen molar-refractivity contribution in [2.75, 3.05) is 19.8 Å². The monoisotopic (exact) mass is 404 g/mol. The molecule has 2 atom stereocenters. The second-order valence-electron chi connectivity index (χ2n) is 7.81. The van der Waals surface area contributed by atoms with Crippen LogP contribution in [0.25, 0.3) is 0 Å². The van der Waals surface area contributed by atoms with Gasteiger partial charge >= 0.3 is 5.97 Å².